The molecule has 0 fully saturated rings. The lowest BCUT2D eigenvalue weighted by Crippen LogP contribution is -2.10. The Bertz CT molecular complexity index is 489. The Labute approximate surface area is 102 Å². The molecule has 90 valence electrons. The van der Waals surface area contributed by atoms with Crippen LogP contribution in [0.25, 0.3) is 11.3 Å². The first kappa shape index (κ1) is 11.7. The summed E-state index contributed by atoms with van der Waals surface area (Å²) in [5.41, 5.74) is 3.74. The van der Waals surface area contributed by atoms with Gasteiger partial charge in [-0.1, -0.05) is 45.0 Å². The second kappa shape index (κ2) is 4.24. The highest BCUT2D eigenvalue weighted by Crippen LogP contribution is 2.25. The summed E-state index contributed by atoms with van der Waals surface area (Å²) >= 11 is 0. The zero-order chi connectivity index (χ0) is 12.5. The highest BCUT2D eigenvalue weighted by molar-refractivity contribution is 5.63. The summed E-state index contributed by atoms with van der Waals surface area (Å²) in [6.07, 6.45) is 0. The molecule has 1 heterocycles. The molecule has 0 radical (unpaired) electrons. The SMILES string of the molecule is CNc1cc(-c2ccc(C(C)(C)C)cc2)[nH]n1. The molecule has 2 rings (SSSR count). The van der Waals surface area contributed by atoms with Crippen LogP contribution in [0.4, 0.5) is 5.82 Å². The summed E-state index contributed by atoms with van der Waals surface area (Å²) in [7, 11) is 1.86. The quantitative estimate of drug-likeness (QED) is 0.828. The number of anilines is 1. The largest absolute Gasteiger partial charge is 0.372 e. The fourth-order valence-corrected chi connectivity index (χ4v) is 1.75. The monoisotopic (exact) mass is 229 g/mol. The average Bonchev–Trinajstić information content (AvgIpc) is 2.76. The fourth-order valence-electron chi connectivity index (χ4n) is 1.75. The molecule has 1 aromatic carbocycles. The lowest BCUT2D eigenvalue weighted by molar-refractivity contribution is 0.590. The number of nitrogens with one attached hydrogen (secondary N) is 2. The molecular formula is C14H19N3. The van der Waals surface area contributed by atoms with Crippen molar-refractivity contribution in [3.8, 4) is 11.3 Å². The van der Waals surface area contributed by atoms with Gasteiger partial charge >= 0.3 is 0 Å². The summed E-state index contributed by atoms with van der Waals surface area (Å²) < 4.78 is 0. The van der Waals surface area contributed by atoms with Gasteiger partial charge in [0.1, 0.15) is 5.82 Å². The maximum absolute atomic E-state index is 4.15. The van der Waals surface area contributed by atoms with E-state index in [1.165, 1.54) is 5.56 Å². The molecule has 0 saturated heterocycles. The van der Waals surface area contributed by atoms with Crippen LogP contribution in [0.2, 0.25) is 0 Å². The van der Waals surface area contributed by atoms with Gasteiger partial charge in [-0.3, -0.25) is 5.10 Å². The van der Waals surface area contributed by atoms with Gasteiger partial charge in [-0.15, -0.1) is 0 Å². The Balaban J connectivity index is 2.29. The molecule has 2 aromatic rings. The molecule has 0 amide bonds. The van der Waals surface area contributed by atoms with Gasteiger partial charge in [0.15, 0.2) is 0 Å². The standard InChI is InChI=1S/C14H19N3/c1-14(2,3)11-7-5-10(6-8-11)12-9-13(15-4)17-16-12/h5-9H,1-4H3,(H2,15,16,17). The molecule has 0 bridgehead atoms. The minimum absolute atomic E-state index is 0.197. The third-order valence-electron chi connectivity index (χ3n) is 2.90. The van der Waals surface area contributed by atoms with Crippen LogP contribution < -0.4 is 5.32 Å². The van der Waals surface area contributed by atoms with Crippen molar-refractivity contribution in [2.45, 2.75) is 26.2 Å². The second-order valence-corrected chi connectivity index (χ2v) is 5.24. The number of hydrogen-bond donors (Lipinski definition) is 2. The van der Waals surface area contributed by atoms with Crippen molar-refractivity contribution in [3.63, 3.8) is 0 Å². The second-order valence-electron chi connectivity index (χ2n) is 5.24. The van der Waals surface area contributed by atoms with Crippen molar-refractivity contribution >= 4 is 5.82 Å². The molecule has 0 saturated carbocycles. The van der Waals surface area contributed by atoms with Gasteiger partial charge in [-0.2, -0.15) is 5.10 Å². The fraction of sp³-hybridized carbons (Fsp3) is 0.357. The normalized spacial score (nSPS) is 11.5. The van der Waals surface area contributed by atoms with Crippen LogP contribution in [0.15, 0.2) is 30.3 Å². The van der Waals surface area contributed by atoms with Gasteiger partial charge in [0.05, 0.1) is 5.69 Å². The Morgan fingerprint density at radius 1 is 1.12 bits per heavy atom. The molecule has 0 aliphatic rings. The molecule has 17 heavy (non-hydrogen) atoms. The number of H-pyrrole nitrogens is 1. The molecular weight excluding hydrogens is 210 g/mol. The maximum atomic E-state index is 4.15. The van der Waals surface area contributed by atoms with Crippen molar-refractivity contribution in [1.29, 1.82) is 0 Å². The summed E-state index contributed by atoms with van der Waals surface area (Å²) in [4.78, 5) is 0. The van der Waals surface area contributed by atoms with E-state index in [4.69, 9.17) is 0 Å². The maximum Gasteiger partial charge on any atom is 0.148 e. The minimum Gasteiger partial charge on any atom is -0.372 e. The predicted molar refractivity (Wildman–Crippen MR) is 72.3 cm³/mol. The molecule has 0 aliphatic carbocycles. The molecule has 0 aliphatic heterocycles. The zero-order valence-electron chi connectivity index (χ0n) is 10.8. The van der Waals surface area contributed by atoms with Gasteiger partial charge in [0.25, 0.3) is 0 Å². The number of aromatic amines is 1. The van der Waals surface area contributed by atoms with E-state index in [0.29, 0.717) is 0 Å². The van der Waals surface area contributed by atoms with Gasteiger partial charge in [0.2, 0.25) is 0 Å². The first-order chi connectivity index (χ1) is 8.00. The summed E-state index contributed by atoms with van der Waals surface area (Å²) in [5.74, 6) is 0.861. The van der Waals surface area contributed by atoms with Gasteiger partial charge in [-0.25, -0.2) is 0 Å². The summed E-state index contributed by atoms with van der Waals surface area (Å²) in [6, 6.07) is 10.6. The molecule has 2 N–H and O–H groups in total. The van der Waals surface area contributed by atoms with E-state index in [-0.39, 0.29) is 5.41 Å². The van der Waals surface area contributed by atoms with E-state index >= 15 is 0 Å². The topological polar surface area (TPSA) is 40.7 Å². The Hall–Kier alpha value is -1.77. The third-order valence-corrected chi connectivity index (χ3v) is 2.90. The van der Waals surface area contributed by atoms with E-state index in [2.05, 4.69) is 60.6 Å². The summed E-state index contributed by atoms with van der Waals surface area (Å²) in [5, 5.41) is 10.2. The van der Waals surface area contributed by atoms with E-state index in [1.54, 1.807) is 0 Å². The van der Waals surface area contributed by atoms with Gasteiger partial charge < -0.3 is 5.32 Å². The van der Waals surface area contributed by atoms with Crippen LogP contribution in [-0.2, 0) is 5.41 Å². The highest BCUT2D eigenvalue weighted by atomic mass is 15.2. The van der Waals surface area contributed by atoms with E-state index in [9.17, 15) is 0 Å². The molecule has 3 nitrogen and oxygen atoms in total. The van der Waals surface area contributed by atoms with Crippen LogP contribution in [0, 0.1) is 0 Å². The lowest BCUT2D eigenvalue weighted by Gasteiger charge is -2.18. The first-order valence-electron chi connectivity index (χ1n) is 5.85. The predicted octanol–water partition coefficient (Wildman–Crippen LogP) is 3.42. The highest BCUT2D eigenvalue weighted by Gasteiger charge is 2.13. The Morgan fingerprint density at radius 3 is 2.24 bits per heavy atom. The van der Waals surface area contributed by atoms with E-state index in [0.717, 1.165) is 17.1 Å². The number of benzene rings is 1. The van der Waals surface area contributed by atoms with Gasteiger partial charge in [-0.05, 0) is 16.5 Å². The minimum atomic E-state index is 0.197. The van der Waals surface area contributed by atoms with Gasteiger partial charge in [0, 0.05) is 13.1 Å². The zero-order valence-corrected chi connectivity index (χ0v) is 10.8. The van der Waals surface area contributed by atoms with Crippen LogP contribution in [0.3, 0.4) is 0 Å². The molecule has 0 spiro atoms. The number of nitrogens with zero attached hydrogens (tertiary/aromatic N) is 1. The average molecular weight is 229 g/mol. The van der Waals surface area contributed by atoms with Crippen molar-refractivity contribution in [2.75, 3.05) is 12.4 Å². The number of hydrogen-bond acceptors (Lipinski definition) is 2. The van der Waals surface area contributed by atoms with Crippen LogP contribution in [0.1, 0.15) is 26.3 Å². The van der Waals surface area contributed by atoms with Crippen LogP contribution in [-0.4, -0.2) is 17.2 Å². The Morgan fingerprint density at radius 2 is 1.76 bits per heavy atom. The molecule has 0 unspecified atom stereocenters. The lowest BCUT2D eigenvalue weighted by atomic mass is 9.86. The van der Waals surface area contributed by atoms with E-state index in [1.807, 2.05) is 13.1 Å². The smallest absolute Gasteiger partial charge is 0.148 e. The molecule has 1 aromatic heterocycles. The van der Waals surface area contributed by atoms with Crippen LogP contribution in [0.5, 0.6) is 0 Å². The summed E-state index contributed by atoms with van der Waals surface area (Å²) in [6.45, 7) is 6.66. The number of aromatic nitrogens is 2. The van der Waals surface area contributed by atoms with Crippen molar-refractivity contribution < 1.29 is 0 Å². The molecule has 0 atom stereocenters. The Kier molecular flexibility index (Phi) is 2.92. The van der Waals surface area contributed by atoms with Crippen molar-refractivity contribution in [3.05, 3.63) is 35.9 Å². The van der Waals surface area contributed by atoms with Crippen LogP contribution >= 0.6 is 0 Å². The number of rotatable bonds is 2. The third kappa shape index (κ3) is 2.49. The van der Waals surface area contributed by atoms with Crippen molar-refractivity contribution in [2.24, 2.45) is 0 Å². The van der Waals surface area contributed by atoms with Crippen molar-refractivity contribution in [1.82, 2.24) is 10.2 Å². The molecule has 3 heteroatoms. The van der Waals surface area contributed by atoms with E-state index < -0.39 is 0 Å². The first-order valence-corrected chi connectivity index (χ1v) is 5.85.